The second-order valence-electron chi connectivity index (χ2n) is 11.6. The third-order valence-electron chi connectivity index (χ3n) is 9.21. The van der Waals surface area contributed by atoms with Crippen LogP contribution < -0.4 is 10.6 Å². The highest BCUT2D eigenvalue weighted by Gasteiger charge is 2.56. The van der Waals surface area contributed by atoms with Gasteiger partial charge in [-0.15, -0.1) is 0 Å². The molecule has 1 unspecified atom stereocenters. The zero-order chi connectivity index (χ0) is 23.8. The highest BCUT2D eigenvalue weighted by Crippen LogP contribution is 2.61. The average molecular weight is 459 g/mol. The molecule has 3 fully saturated rings. The fourth-order valence-corrected chi connectivity index (χ4v) is 7.11. The first-order chi connectivity index (χ1) is 15.6. The third kappa shape index (κ3) is 4.79. The number of carbonyl (C=O) groups excluding carboxylic acids is 2. The predicted molar refractivity (Wildman–Crippen MR) is 129 cm³/mol. The molecule has 2 saturated carbocycles. The average Bonchev–Trinajstić information content (AvgIpc) is 3.30. The van der Waals surface area contributed by atoms with Gasteiger partial charge in [0.1, 0.15) is 0 Å². The molecule has 33 heavy (non-hydrogen) atoms. The summed E-state index contributed by atoms with van der Waals surface area (Å²) in [5, 5.41) is 6.58. The van der Waals surface area contributed by atoms with Gasteiger partial charge in [0.15, 0.2) is 5.76 Å². The highest BCUT2D eigenvalue weighted by atomic mass is 16.3. The number of fused-ring (bicyclic) bond motifs is 1. The molecule has 184 valence electrons. The molecular formula is C26H42N4O3. The molecule has 3 aliphatic rings. The van der Waals surface area contributed by atoms with Crippen molar-refractivity contribution in [2.24, 2.45) is 28.6 Å². The van der Waals surface area contributed by atoms with E-state index in [4.69, 9.17) is 4.42 Å². The second-order valence-corrected chi connectivity index (χ2v) is 11.6. The Hall–Kier alpha value is -2.02. The smallest absolute Gasteiger partial charge is 0.317 e. The molecule has 1 aliphatic heterocycles. The Morgan fingerprint density at radius 3 is 2.55 bits per heavy atom. The van der Waals surface area contributed by atoms with Gasteiger partial charge in [-0.3, -0.25) is 4.79 Å². The maximum absolute atomic E-state index is 13.2. The first kappa shape index (κ1) is 24.1. The van der Waals surface area contributed by atoms with Crippen molar-refractivity contribution in [3.63, 3.8) is 0 Å². The van der Waals surface area contributed by atoms with Crippen molar-refractivity contribution in [2.45, 2.75) is 59.4 Å². The molecule has 3 amide bonds. The van der Waals surface area contributed by atoms with Crippen molar-refractivity contribution in [3.05, 3.63) is 24.2 Å². The van der Waals surface area contributed by atoms with Gasteiger partial charge in [0.25, 0.3) is 5.91 Å². The lowest BCUT2D eigenvalue weighted by atomic mass is 9.45. The number of hydrogen-bond acceptors (Lipinski definition) is 4. The van der Waals surface area contributed by atoms with Gasteiger partial charge in [0.2, 0.25) is 0 Å². The number of amides is 3. The van der Waals surface area contributed by atoms with E-state index in [2.05, 4.69) is 50.3 Å². The summed E-state index contributed by atoms with van der Waals surface area (Å²) in [7, 11) is 2.10. The minimum Gasteiger partial charge on any atom is -0.459 e. The summed E-state index contributed by atoms with van der Waals surface area (Å²) in [6, 6.07) is 3.62. The summed E-state index contributed by atoms with van der Waals surface area (Å²) in [6.45, 7) is 13.5. The van der Waals surface area contributed by atoms with Crippen molar-refractivity contribution in [2.75, 3.05) is 39.8 Å². The van der Waals surface area contributed by atoms with Crippen molar-refractivity contribution in [3.8, 4) is 0 Å². The van der Waals surface area contributed by atoms with Crippen LogP contribution >= 0.6 is 0 Å². The normalized spacial score (nSPS) is 34.4. The molecule has 2 aliphatic carbocycles. The van der Waals surface area contributed by atoms with Crippen molar-refractivity contribution < 1.29 is 14.0 Å². The Morgan fingerprint density at radius 1 is 1.15 bits per heavy atom. The minimum atomic E-state index is -0.161. The number of hydrogen-bond donors (Lipinski definition) is 2. The molecule has 0 bridgehead atoms. The van der Waals surface area contributed by atoms with E-state index in [0.717, 1.165) is 32.6 Å². The van der Waals surface area contributed by atoms with Crippen LogP contribution in [0.25, 0.3) is 0 Å². The van der Waals surface area contributed by atoms with Crippen LogP contribution in [0, 0.1) is 28.6 Å². The number of likely N-dealkylation sites (N-methyl/N-ethyl adjacent to an activating group) is 1. The molecule has 2 heterocycles. The number of carbonyl (C=O) groups is 2. The van der Waals surface area contributed by atoms with Gasteiger partial charge in [-0.05, 0) is 67.0 Å². The number of furan rings is 1. The van der Waals surface area contributed by atoms with E-state index in [1.807, 2.05) is 4.90 Å². The summed E-state index contributed by atoms with van der Waals surface area (Å²) >= 11 is 0. The van der Waals surface area contributed by atoms with Crippen LogP contribution in [0.1, 0.15) is 63.9 Å². The summed E-state index contributed by atoms with van der Waals surface area (Å²) in [5.41, 5.74) is 0.347. The summed E-state index contributed by atoms with van der Waals surface area (Å²) < 4.78 is 5.30. The molecule has 5 atom stereocenters. The molecule has 2 N–H and O–H groups in total. The van der Waals surface area contributed by atoms with Crippen LogP contribution in [0.3, 0.4) is 0 Å². The molecule has 1 aromatic heterocycles. The monoisotopic (exact) mass is 458 g/mol. The fourth-order valence-electron chi connectivity index (χ4n) is 7.11. The number of urea groups is 1. The molecule has 7 nitrogen and oxygen atoms in total. The largest absolute Gasteiger partial charge is 0.459 e. The maximum Gasteiger partial charge on any atom is 0.317 e. The van der Waals surface area contributed by atoms with Crippen LogP contribution in [0.15, 0.2) is 22.8 Å². The van der Waals surface area contributed by atoms with Gasteiger partial charge in [0.05, 0.1) is 6.26 Å². The number of nitrogens with zero attached hydrogens (tertiary/aromatic N) is 2. The topological polar surface area (TPSA) is 77.8 Å². The SMILES string of the molecule is C[C@@H]1[C@H](NC(=O)N2CCN(C)CC2)CC2C(C)(C)CCC[C@]2(C)[C@H]1CNC(=O)c1ccco1. The first-order valence-electron chi connectivity index (χ1n) is 12.7. The summed E-state index contributed by atoms with van der Waals surface area (Å²) in [6.07, 6.45) is 6.14. The van der Waals surface area contributed by atoms with Crippen LogP contribution in [0.4, 0.5) is 4.79 Å². The zero-order valence-electron chi connectivity index (χ0n) is 21.0. The molecular weight excluding hydrogens is 416 g/mol. The lowest BCUT2D eigenvalue weighted by Gasteiger charge is -2.61. The Morgan fingerprint density at radius 2 is 1.88 bits per heavy atom. The molecule has 7 heteroatoms. The van der Waals surface area contributed by atoms with Gasteiger partial charge < -0.3 is 24.9 Å². The van der Waals surface area contributed by atoms with E-state index in [0.29, 0.717) is 18.2 Å². The fraction of sp³-hybridized carbons (Fsp3) is 0.769. The summed E-state index contributed by atoms with van der Waals surface area (Å²) in [4.78, 5) is 30.0. The Bertz CT molecular complexity index is 831. The molecule has 0 aromatic carbocycles. The highest BCUT2D eigenvalue weighted by molar-refractivity contribution is 5.91. The van der Waals surface area contributed by atoms with E-state index in [9.17, 15) is 9.59 Å². The van der Waals surface area contributed by atoms with Crippen LogP contribution in [-0.2, 0) is 0 Å². The van der Waals surface area contributed by atoms with Crippen molar-refractivity contribution in [1.29, 1.82) is 0 Å². The van der Waals surface area contributed by atoms with E-state index in [1.54, 1.807) is 12.1 Å². The quantitative estimate of drug-likeness (QED) is 0.719. The van der Waals surface area contributed by atoms with Crippen LogP contribution in [0.2, 0.25) is 0 Å². The Balaban J connectivity index is 1.52. The van der Waals surface area contributed by atoms with Crippen LogP contribution in [-0.4, -0.2) is 67.6 Å². The number of nitrogens with one attached hydrogen (secondary N) is 2. The van der Waals surface area contributed by atoms with Crippen molar-refractivity contribution >= 4 is 11.9 Å². The number of piperazine rings is 1. The lowest BCUT2D eigenvalue weighted by molar-refractivity contribution is -0.103. The molecule has 1 saturated heterocycles. The Kier molecular flexibility index (Phi) is 6.81. The van der Waals surface area contributed by atoms with Crippen molar-refractivity contribution in [1.82, 2.24) is 20.4 Å². The van der Waals surface area contributed by atoms with E-state index in [1.165, 1.54) is 25.5 Å². The minimum absolute atomic E-state index is 0.0653. The van der Waals surface area contributed by atoms with Crippen LogP contribution in [0.5, 0.6) is 0 Å². The van der Waals surface area contributed by atoms with E-state index < -0.39 is 0 Å². The standard InChI is InChI=1S/C26H42N4O3/c1-18-19(17-27-23(31)21-8-6-15-33-21)26(4)10-7-9-25(2,3)22(26)16-20(18)28-24(32)30-13-11-29(5)12-14-30/h6,8,15,18-20,22H,7,9-14,16-17H2,1-5H3,(H,27,31)(H,28,32)/t18-,19-,20+,22?,26+/m0/s1. The summed E-state index contributed by atoms with van der Waals surface area (Å²) in [5.74, 6) is 1.24. The molecule has 4 rings (SSSR count). The lowest BCUT2D eigenvalue weighted by Crippen LogP contribution is -2.62. The predicted octanol–water partition coefficient (Wildman–Crippen LogP) is 3.82. The molecule has 0 spiro atoms. The van der Waals surface area contributed by atoms with Gasteiger partial charge in [-0.2, -0.15) is 0 Å². The van der Waals surface area contributed by atoms with E-state index in [-0.39, 0.29) is 40.6 Å². The molecule has 1 aromatic rings. The van der Waals surface area contributed by atoms with E-state index >= 15 is 0 Å². The van der Waals surface area contributed by atoms with Gasteiger partial charge in [-0.1, -0.05) is 34.1 Å². The van der Waals surface area contributed by atoms with Gasteiger partial charge >= 0.3 is 6.03 Å². The Labute approximate surface area is 198 Å². The molecule has 0 radical (unpaired) electrons. The first-order valence-corrected chi connectivity index (χ1v) is 12.7. The zero-order valence-corrected chi connectivity index (χ0v) is 21.0. The third-order valence-corrected chi connectivity index (χ3v) is 9.21. The number of rotatable bonds is 4. The maximum atomic E-state index is 13.2. The van der Waals surface area contributed by atoms with Gasteiger partial charge in [0, 0.05) is 38.8 Å². The second kappa shape index (κ2) is 9.32. The van der Waals surface area contributed by atoms with Gasteiger partial charge in [-0.25, -0.2) is 4.79 Å².